The molecule has 1 aromatic carbocycles. The van der Waals surface area contributed by atoms with Gasteiger partial charge < -0.3 is 15.4 Å². The molecule has 8 nitrogen and oxygen atoms in total. The maximum Gasteiger partial charge on any atom is 0.243 e. The van der Waals surface area contributed by atoms with E-state index in [9.17, 15) is 13.2 Å². The van der Waals surface area contributed by atoms with Gasteiger partial charge in [0.05, 0.1) is 24.2 Å². The number of anilines is 1. The third kappa shape index (κ3) is 6.03. The summed E-state index contributed by atoms with van der Waals surface area (Å²) in [7, 11) is -3.58. The summed E-state index contributed by atoms with van der Waals surface area (Å²) >= 11 is 0. The fourth-order valence-electron chi connectivity index (χ4n) is 3.15. The number of nitrogens with zero attached hydrogens (tertiary/aromatic N) is 2. The van der Waals surface area contributed by atoms with Crippen LogP contribution < -0.4 is 10.6 Å². The van der Waals surface area contributed by atoms with E-state index in [1.54, 1.807) is 18.2 Å². The van der Waals surface area contributed by atoms with Gasteiger partial charge in [0, 0.05) is 45.0 Å². The molecule has 0 aromatic heterocycles. The van der Waals surface area contributed by atoms with E-state index in [-0.39, 0.29) is 41.7 Å². The van der Waals surface area contributed by atoms with Gasteiger partial charge in [-0.05, 0) is 25.1 Å². The second-order valence-electron chi connectivity index (χ2n) is 6.50. The summed E-state index contributed by atoms with van der Waals surface area (Å²) in [6, 6.07) is 6.17. The van der Waals surface area contributed by atoms with Crippen LogP contribution in [0, 0.1) is 0 Å². The number of benzene rings is 1. The topological polar surface area (TPSA) is 91.0 Å². The number of rotatable bonds is 5. The molecule has 1 atom stereocenters. The quantitative estimate of drug-likeness (QED) is 0.682. The molecule has 2 aliphatic heterocycles. The SMILES string of the molecule is CC(C(=O)Nc1cccc(S(=O)(=O)N2CCOCC2)c1)N1CCNCC1.Cl.Cl. The maximum atomic E-state index is 12.7. The van der Waals surface area contributed by atoms with Gasteiger partial charge in [-0.2, -0.15) is 4.31 Å². The molecule has 11 heteroatoms. The summed E-state index contributed by atoms with van der Waals surface area (Å²) < 4.78 is 32.1. The van der Waals surface area contributed by atoms with Crippen LogP contribution in [0.1, 0.15) is 6.92 Å². The standard InChI is InChI=1S/C17H26N4O4S.2ClH/c1-14(20-7-5-18-6-8-20)17(22)19-15-3-2-4-16(13-15)26(23,24)21-9-11-25-12-10-21;;/h2-4,13-14,18H,5-12H2,1H3,(H,19,22);2*1H. The minimum absolute atomic E-state index is 0. The molecular weight excluding hydrogens is 427 g/mol. The van der Waals surface area contributed by atoms with Crippen LogP contribution in [0.15, 0.2) is 29.2 Å². The Morgan fingerprint density at radius 2 is 1.79 bits per heavy atom. The number of hydrogen-bond acceptors (Lipinski definition) is 6. The second-order valence-corrected chi connectivity index (χ2v) is 8.43. The normalized spacial score (nSPS) is 19.8. The molecule has 160 valence electrons. The zero-order valence-electron chi connectivity index (χ0n) is 15.8. The monoisotopic (exact) mass is 454 g/mol. The molecule has 0 radical (unpaired) electrons. The van der Waals surface area contributed by atoms with E-state index >= 15 is 0 Å². The lowest BCUT2D eigenvalue weighted by Gasteiger charge is -2.31. The van der Waals surface area contributed by atoms with Gasteiger partial charge in [-0.1, -0.05) is 6.07 Å². The average Bonchev–Trinajstić information content (AvgIpc) is 2.69. The fraction of sp³-hybridized carbons (Fsp3) is 0.588. The number of piperazine rings is 1. The van der Waals surface area contributed by atoms with Crippen molar-refractivity contribution in [2.24, 2.45) is 0 Å². The predicted molar refractivity (Wildman–Crippen MR) is 113 cm³/mol. The second kappa shape index (κ2) is 11.3. The molecule has 0 bridgehead atoms. The molecule has 1 aromatic rings. The first kappa shape index (κ1) is 25.1. The van der Waals surface area contributed by atoms with Crippen LogP contribution >= 0.6 is 24.8 Å². The highest BCUT2D eigenvalue weighted by Crippen LogP contribution is 2.21. The van der Waals surface area contributed by atoms with Crippen molar-refractivity contribution in [3.05, 3.63) is 24.3 Å². The van der Waals surface area contributed by atoms with E-state index in [1.807, 2.05) is 6.92 Å². The van der Waals surface area contributed by atoms with Crippen molar-refractivity contribution < 1.29 is 17.9 Å². The molecule has 28 heavy (non-hydrogen) atoms. The molecule has 0 spiro atoms. The van der Waals surface area contributed by atoms with Crippen LogP contribution in [-0.4, -0.2) is 82.1 Å². The summed E-state index contributed by atoms with van der Waals surface area (Å²) in [5, 5.41) is 6.11. The van der Waals surface area contributed by atoms with Gasteiger partial charge in [-0.3, -0.25) is 9.69 Å². The van der Waals surface area contributed by atoms with E-state index in [0.717, 1.165) is 26.2 Å². The van der Waals surface area contributed by atoms with Crippen molar-refractivity contribution in [1.29, 1.82) is 0 Å². The number of sulfonamides is 1. The summed E-state index contributed by atoms with van der Waals surface area (Å²) in [6.45, 7) is 6.73. The largest absolute Gasteiger partial charge is 0.379 e. The smallest absolute Gasteiger partial charge is 0.243 e. The third-order valence-corrected chi connectivity index (χ3v) is 6.68. The molecule has 0 saturated carbocycles. The first-order chi connectivity index (χ1) is 12.5. The van der Waals surface area contributed by atoms with Crippen molar-refractivity contribution in [2.75, 3.05) is 57.8 Å². The number of hydrogen-bond donors (Lipinski definition) is 2. The van der Waals surface area contributed by atoms with Crippen LogP contribution in [0.25, 0.3) is 0 Å². The fourth-order valence-corrected chi connectivity index (χ4v) is 4.61. The number of nitrogens with one attached hydrogen (secondary N) is 2. The molecule has 2 saturated heterocycles. The summed E-state index contributed by atoms with van der Waals surface area (Å²) in [6.07, 6.45) is 0. The Balaban J connectivity index is 0.00000196. The Hall–Kier alpha value is -0.940. The average molecular weight is 455 g/mol. The van der Waals surface area contributed by atoms with Crippen LogP contribution in [0.3, 0.4) is 0 Å². The zero-order chi connectivity index (χ0) is 18.6. The third-order valence-electron chi connectivity index (χ3n) is 4.79. The van der Waals surface area contributed by atoms with E-state index in [2.05, 4.69) is 15.5 Å². The van der Waals surface area contributed by atoms with Gasteiger partial charge in [-0.25, -0.2) is 8.42 Å². The van der Waals surface area contributed by atoms with E-state index in [4.69, 9.17) is 4.74 Å². The highest BCUT2D eigenvalue weighted by Gasteiger charge is 2.27. The summed E-state index contributed by atoms with van der Waals surface area (Å²) in [5.74, 6) is -0.132. The van der Waals surface area contributed by atoms with Gasteiger partial charge in [0.2, 0.25) is 15.9 Å². The Morgan fingerprint density at radius 3 is 2.43 bits per heavy atom. The molecule has 2 heterocycles. The molecule has 2 fully saturated rings. The van der Waals surface area contributed by atoms with Crippen LogP contribution in [0.5, 0.6) is 0 Å². The van der Waals surface area contributed by atoms with Gasteiger partial charge in [0.25, 0.3) is 0 Å². The minimum Gasteiger partial charge on any atom is -0.379 e. The predicted octanol–water partition coefficient (Wildman–Crippen LogP) is 0.783. The lowest BCUT2D eigenvalue weighted by Crippen LogP contribution is -2.51. The van der Waals surface area contributed by atoms with Gasteiger partial charge in [0.1, 0.15) is 0 Å². The number of halogens is 2. The van der Waals surface area contributed by atoms with Crippen molar-refractivity contribution in [2.45, 2.75) is 17.9 Å². The van der Waals surface area contributed by atoms with E-state index in [0.29, 0.717) is 32.0 Å². The highest BCUT2D eigenvalue weighted by molar-refractivity contribution is 7.89. The van der Waals surface area contributed by atoms with Gasteiger partial charge >= 0.3 is 0 Å². The maximum absolute atomic E-state index is 12.7. The van der Waals surface area contributed by atoms with E-state index in [1.165, 1.54) is 10.4 Å². The Labute approximate surface area is 178 Å². The lowest BCUT2D eigenvalue weighted by molar-refractivity contribution is -0.120. The first-order valence-corrected chi connectivity index (χ1v) is 10.4. The molecule has 2 N–H and O–H groups in total. The molecule has 0 aliphatic carbocycles. The first-order valence-electron chi connectivity index (χ1n) is 8.92. The van der Waals surface area contributed by atoms with Crippen LogP contribution in [0.2, 0.25) is 0 Å². The number of ether oxygens (including phenoxy) is 1. The van der Waals surface area contributed by atoms with Crippen molar-refractivity contribution >= 4 is 46.4 Å². The number of morpholine rings is 1. The molecular formula is C17H28Cl2N4O4S. The lowest BCUT2D eigenvalue weighted by atomic mass is 10.2. The van der Waals surface area contributed by atoms with Gasteiger partial charge in [-0.15, -0.1) is 24.8 Å². The Bertz CT molecular complexity index is 738. The van der Waals surface area contributed by atoms with Crippen molar-refractivity contribution in [3.63, 3.8) is 0 Å². The molecule has 1 unspecified atom stereocenters. The van der Waals surface area contributed by atoms with Crippen LogP contribution in [0.4, 0.5) is 5.69 Å². The van der Waals surface area contributed by atoms with E-state index < -0.39 is 10.0 Å². The Morgan fingerprint density at radius 1 is 1.14 bits per heavy atom. The number of amides is 1. The summed E-state index contributed by atoms with van der Waals surface area (Å²) in [5.41, 5.74) is 0.492. The van der Waals surface area contributed by atoms with Gasteiger partial charge in [0.15, 0.2) is 0 Å². The minimum atomic E-state index is -3.58. The van der Waals surface area contributed by atoms with Crippen molar-refractivity contribution in [3.8, 4) is 0 Å². The Kier molecular flexibility index (Phi) is 10.1. The molecule has 1 amide bonds. The van der Waals surface area contributed by atoms with Crippen molar-refractivity contribution in [1.82, 2.24) is 14.5 Å². The molecule has 2 aliphatic rings. The van der Waals surface area contributed by atoms with Crippen LogP contribution in [-0.2, 0) is 19.6 Å². The summed E-state index contributed by atoms with van der Waals surface area (Å²) in [4.78, 5) is 14.8. The number of carbonyl (C=O) groups excluding carboxylic acids is 1. The highest BCUT2D eigenvalue weighted by atomic mass is 35.5. The zero-order valence-corrected chi connectivity index (χ0v) is 18.2. The number of carbonyl (C=O) groups is 1. The molecule has 3 rings (SSSR count).